The first-order chi connectivity index (χ1) is 17.7. The Morgan fingerprint density at radius 1 is 0.833 bits per heavy atom. The van der Waals surface area contributed by atoms with Crippen LogP contribution in [-0.2, 0) is 4.79 Å². The van der Waals surface area contributed by atoms with Gasteiger partial charge in [-0.05, 0) is 60.9 Å². The summed E-state index contributed by atoms with van der Waals surface area (Å²) in [7, 11) is 0. The highest BCUT2D eigenvalue weighted by Crippen LogP contribution is 2.43. The van der Waals surface area contributed by atoms with E-state index in [-0.39, 0.29) is 5.91 Å². The SMILES string of the molecule is CCOc1cc2c(cc1OCC)/C(=C(/Nc1ccc(-c3ccncc3)cc1)c1ccccc1)C(=O)N2. The summed E-state index contributed by atoms with van der Waals surface area (Å²) < 4.78 is 11.6. The predicted molar refractivity (Wildman–Crippen MR) is 144 cm³/mol. The topological polar surface area (TPSA) is 72.5 Å². The van der Waals surface area contributed by atoms with Crippen LogP contribution >= 0.6 is 0 Å². The number of carbonyl (C=O) groups excluding carboxylic acids is 1. The van der Waals surface area contributed by atoms with Crippen LogP contribution in [-0.4, -0.2) is 24.1 Å². The summed E-state index contributed by atoms with van der Waals surface area (Å²) in [6.45, 7) is 4.84. The van der Waals surface area contributed by atoms with Gasteiger partial charge >= 0.3 is 0 Å². The van der Waals surface area contributed by atoms with E-state index in [1.807, 2.05) is 80.6 Å². The zero-order valence-electron chi connectivity index (χ0n) is 20.2. The van der Waals surface area contributed by atoms with Crippen molar-refractivity contribution in [2.24, 2.45) is 0 Å². The minimum atomic E-state index is -0.180. The third-order valence-electron chi connectivity index (χ3n) is 5.91. The number of carbonyl (C=O) groups is 1. The summed E-state index contributed by atoms with van der Waals surface area (Å²) in [6.07, 6.45) is 3.56. The number of hydrogen-bond donors (Lipinski definition) is 2. The summed E-state index contributed by atoms with van der Waals surface area (Å²) in [4.78, 5) is 17.4. The Bertz CT molecular complexity index is 1400. The zero-order chi connectivity index (χ0) is 24.9. The molecule has 0 saturated carbocycles. The van der Waals surface area contributed by atoms with E-state index in [1.165, 1.54) is 0 Å². The van der Waals surface area contributed by atoms with Gasteiger partial charge in [0.2, 0.25) is 0 Å². The Morgan fingerprint density at radius 3 is 2.14 bits per heavy atom. The fourth-order valence-electron chi connectivity index (χ4n) is 4.28. The molecule has 2 heterocycles. The van der Waals surface area contributed by atoms with Crippen molar-refractivity contribution in [3.8, 4) is 22.6 Å². The normalized spacial score (nSPS) is 13.6. The number of pyridine rings is 1. The number of benzene rings is 3. The predicted octanol–water partition coefficient (Wildman–Crippen LogP) is 6.48. The molecule has 6 nitrogen and oxygen atoms in total. The van der Waals surface area contributed by atoms with Crippen LogP contribution in [0.4, 0.5) is 11.4 Å². The van der Waals surface area contributed by atoms with Crippen molar-refractivity contribution in [1.29, 1.82) is 0 Å². The maximum absolute atomic E-state index is 13.3. The number of nitrogens with one attached hydrogen (secondary N) is 2. The van der Waals surface area contributed by atoms with E-state index in [2.05, 4.69) is 27.8 Å². The maximum atomic E-state index is 13.3. The van der Waals surface area contributed by atoms with Crippen LogP contribution in [0.25, 0.3) is 22.4 Å². The van der Waals surface area contributed by atoms with Gasteiger partial charge in [0.05, 0.1) is 30.2 Å². The largest absolute Gasteiger partial charge is 0.490 e. The average molecular weight is 478 g/mol. The summed E-state index contributed by atoms with van der Waals surface area (Å²) in [5, 5.41) is 6.52. The molecule has 1 aromatic heterocycles. The highest BCUT2D eigenvalue weighted by atomic mass is 16.5. The van der Waals surface area contributed by atoms with Crippen LogP contribution in [0.3, 0.4) is 0 Å². The molecule has 0 spiro atoms. The Balaban J connectivity index is 1.60. The molecule has 36 heavy (non-hydrogen) atoms. The first-order valence-corrected chi connectivity index (χ1v) is 12.0. The van der Waals surface area contributed by atoms with E-state index in [0.717, 1.165) is 33.6 Å². The van der Waals surface area contributed by atoms with Crippen molar-refractivity contribution in [1.82, 2.24) is 4.98 Å². The van der Waals surface area contributed by atoms with Gasteiger partial charge in [-0.3, -0.25) is 9.78 Å². The van der Waals surface area contributed by atoms with Crippen molar-refractivity contribution in [3.05, 3.63) is 102 Å². The molecule has 0 radical (unpaired) electrons. The number of ether oxygens (including phenoxy) is 2. The maximum Gasteiger partial charge on any atom is 0.258 e. The lowest BCUT2D eigenvalue weighted by molar-refractivity contribution is -0.110. The third-order valence-corrected chi connectivity index (χ3v) is 5.91. The van der Waals surface area contributed by atoms with Crippen LogP contribution in [0.15, 0.2) is 91.3 Å². The molecule has 5 rings (SSSR count). The van der Waals surface area contributed by atoms with Gasteiger partial charge in [0, 0.05) is 29.7 Å². The molecule has 4 aromatic rings. The molecule has 0 aliphatic carbocycles. The molecule has 2 N–H and O–H groups in total. The van der Waals surface area contributed by atoms with Gasteiger partial charge in [0.15, 0.2) is 11.5 Å². The molecule has 0 unspecified atom stereocenters. The van der Waals surface area contributed by atoms with Crippen LogP contribution in [0.1, 0.15) is 25.0 Å². The molecule has 0 saturated heterocycles. The highest BCUT2D eigenvalue weighted by Gasteiger charge is 2.30. The standard InChI is InChI=1S/C30H27N3O3/c1-3-35-26-18-24-25(19-27(26)36-4-2)33-30(34)28(24)29(22-8-6-5-7-9-22)32-23-12-10-20(11-13-23)21-14-16-31-17-15-21/h5-19,32H,3-4H2,1-2H3,(H,33,34)/b29-28-. The van der Waals surface area contributed by atoms with Crippen LogP contribution in [0, 0.1) is 0 Å². The summed E-state index contributed by atoms with van der Waals surface area (Å²) in [6, 6.07) is 25.7. The Kier molecular flexibility index (Phi) is 6.67. The quantitative estimate of drug-likeness (QED) is 0.284. The highest BCUT2D eigenvalue weighted by molar-refractivity contribution is 6.37. The first kappa shape index (κ1) is 23.2. The van der Waals surface area contributed by atoms with Gasteiger partial charge in [-0.25, -0.2) is 0 Å². The first-order valence-electron chi connectivity index (χ1n) is 12.0. The number of hydrogen-bond acceptors (Lipinski definition) is 5. The van der Waals surface area contributed by atoms with Gasteiger partial charge in [0.1, 0.15) is 0 Å². The minimum Gasteiger partial charge on any atom is -0.490 e. The Hall–Kier alpha value is -4.58. The van der Waals surface area contributed by atoms with Crippen LogP contribution < -0.4 is 20.1 Å². The van der Waals surface area contributed by atoms with Crippen molar-refractivity contribution < 1.29 is 14.3 Å². The van der Waals surface area contributed by atoms with Crippen molar-refractivity contribution >= 4 is 28.6 Å². The molecule has 180 valence electrons. The van der Waals surface area contributed by atoms with Gasteiger partial charge in [-0.1, -0.05) is 42.5 Å². The number of aromatic nitrogens is 1. The lowest BCUT2D eigenvalue weighted by Crippen LogP contribution is -2.10. The fourth-order valence-corrected chi connectivity index (χ4v) is 4.28. The van der Waals surface area contributed by atoms with E-state index >= 15 is 0 Å². The lowest BCUT2D eigenvalue weighted by atomic mass is 9.99. The van der Waals surface area contributed by atoms with Crippen LogP contribution in [0.5, 0.6) is 11.5 Å². The van der Waals surface area contributed by atoms with Crippen molar-refractivity contribution in [3.63, 3.8) is 0 Å². The minimum absolute atomic E-state index is 0.180. The number of fused-ring (bicyclic) bond motifs is 1. The van der Waals surface area contributed by atoms with Crippen molar-refractivity contribution in [2.45, 2.75) is 13.8 Å². The second-order valence-corrected chi connectivity index (χ2v) is 8.22. The zero-order valence-corrected chi connectivity index (χ0v) is 20.2. The van der Waals surface area contributed by atoms with Crippen LogP contribution in [0.2, 0.25) is 0 Å². The van der Waals surface area contributed by atoms with Gasteiger partial charge in [0.25, 0.3) is 5.91 Å². The molecule has 1 aliphatic rings. The molecule has 0 atom stereocenters. The lowest BCUT2D eigenvalue weighted by Gasteiger charge is -2.16. The van der Waals surface area contributed by atoms with E-state index in [0.29, 0.717) is 36.0 Å². The number of nitrogens with zero attached hydrogens (tertiary/aromatic N) is 1. The summed E-state index contributed by atoms with van der Waals surface area (Å²) in [5.74, 6) is 1.04. The fraction of sp³-hybridized carbons (Fsp3) is 0.133. The molecule has 1 amide bonds. The molecule has 0 bridgehead atoms. The molecular formula is C30H27N3O3. The Morgan fingerprint density at radius 2 is 1.47 bits per heavy atom. The van der Waals surface area contributed by atoms with E-state index in [9.17, 15) is 4.79 Å². The van der Waals surface area contributed by atoms with Gasteiger partial charge in [-0.2, -0.15) is 0 Å². The second kappa shape index (κ2) is 10.4. The Labute approximate surface area is 210 Å². The number of anilines is 2. The summed E-state index contributed by atoms with van der Waals surface area (Å²) >= 11 is 0. The number of rotatable bonds is 8. The monoisotopic (exact) mass is 477 g/mol. The molecule has 3 aromatic carbocycles. The van der Waals surface area contributed by atoms with E-state index in [1.54, 1.807) is 12.4 Å². The smallest absolute Gasteiger partial charge is 0.258 e. The van der Waals surface area contributed by atoms with E-state index < -0.39 is 0 Å². The summed E-state index contributed by atoms with van der Waals surface area (Å²) in [5.41, 5.74) is 6.70. The average Bonchev–Trinajstić information content (AvgIpc) is 3.23. The number of amides is 1. The van der Waals surface area contributed by atoms with Crippen molar-refractivity contribution in [2.75, 3.05) is 23.8 Å². The molecule has 6 heteroatoms. The van der Waals surface area contributed by atoms with E-state index in [4.69, 9.17) is 9.47 Å². The molecule has 0 fully saturated rings. The molecular weight excluding hydrogens is 450 g/mol. The van der Waals surface area contributed by atoms with Gasteiger partial charge in [-0.15, -0.1) is 0 Å². The third kappa shape index (κ3) is 4.66. The molecule has 1 aliphatic heterocycles. The second-order valence-electron chi connectivity index (χ2n) is 8.22. The van der Waals surface area contributed by atoms with Gasteiger partial charge < -0.3 is 20.1 Å².